The van der Waals surface area contributed by atoms with Crippen LogP contribution in [0.25, 0.3) is 0 Å². The standard InChI is InChI=1S/C11H22N2O4S/c1-4-7-12(3)18(16,17)13-8-10(11(14)15)6-5-9(13)2/h9-10H,4-8H2,1-3H3,(H,14,15). The van der Waals surface area contributed by atoms with Crippen molar-refractivity contribution in [3.05, 3.63) is 0 Å². The highest BCUT2D eigenvalue weighted by Crippen LogP contribution is 2.25. The lowest BCUT2D eigenvalue weighted by Crippen LogP contribution is -2.52. The van der Waals surface area contributed by atoms with Crippen molar-refractivity contribution < 1.29 is 18.3 Å². The van der Waals surface area contributed by atoms with Crippen molar-refractivity contribution in [1.29, 1.82) is 0 Å². The van der Waals surface area contributed by atoms with E-state index in [0.717, 1.165) is 6.42 Å². The zero-order valence-corrected chi connectivity index (χ0v) is 12.0. The molecule has 0 radical (unpaired) electrons. The largest absolute Gasteiger partial charge is 0.481 e. The average Bonchev–Trinajstić information content (AvgIpc) is 2.29. The summed E-state index contributed by atoms with van der Waals surface area (Å²) in [5.74, 6) is -1.51. The number of rotatable bonds is 5. The molecular weight excluding hydrogens is 256 g/mol. The Bertz CT molecular complexity index is 396. The number of carboxylic acids is 1. The van der Waals surface area contributed by atoms with Gasteiger partial charge < -0.3 is 5.11 Å². The first kappa shape index (κ1) is 15.4. The first-order chi connectivity index (χ1) is 8.30. The van der Waals surface area contributed by atoms with Gasteiger partial charge in [0.15, 0.2) is 0 Å². The number of hydrogen-bond donors (Lipinski definition) is 1. The average molecular weight is 278 g/mol. The molecule has 2 unspecified atom stereocenters. The first-order valence-corrected chi connectivity index (χ1v) is 7.66. The Labute approximate surface area is 109 Å². The van der Waals surface area contributed by atoms with Crippen LogP contribution in [0, 0.1) is 5.92 Å². The minimum Gasteiger partial charge on any atom is -0.481 e. The van der Waals surface area contributed by atoms with Gasteiger partial charge in [0.2, 0.25) is 0 Å². The Morgan fingerprint density at radius 1 is 1.44 bits per heavy atom. The van der Waals surface area contributed by atoms with Crippen LogP contribution in [0.1, 0.15) is 33.1 Å². The molecule has 1 heterocycles. The lowest BCUT2D eigenvalue weighted by Gasteiger charge is -2.37. The summed E-state index contributed by atoms with van der Waals surface area (Å²) in [6.45, 7) is 4.26. The summed E-state index contributed by atoms with van der Waals surface area (Å²) < 4.78 is 27.2. The number of nitrogens with zero attached hydrogens (tertiary/aromatic N) is 2. The molecule has 1 saturated heterocycles. The van der Waals surface area contributed by atoms with Gasteiger partial charge in [-0.15, -0.1) is 0 Å². The molecule has 0 aromatic heterocycles. The van der Waals surface area contributed by atoms with E-state index in [2.05, 4.69) is 0 Å². The quantitative estimate of drug-likeness (QED) is 0.805. The zero-order chi connectivity index (χ0) is 13.9. The Morgan fingerprint density at radius 3 is 2.56 bits per heavy atom. The highest BCUT2D eigenvalue weighted by molar-refractivity contribution is 7.86. The van der Waals surface area contributed by atoms with Crippen LogP contribution in [0.4, 0.5) is 0 Å². The normalized spacial score (nSPS) is 26.4. The van der Waals surface area contributed by atoms with E-state index < -0.39 is 22.1 Å². The van der Waals surface area contributed by atoms with Crippen molar-refractivity contribution in [2.24, 2.45) is 5.92 Å². The van der Waals surface area contributed by atoms with Gasteiger partial charge in [0, 0.05) is 26.2 Å². The fourth-order valence-corrected chi connectivity index (χ4v) is 3.91. The van der Waals surface area contributed by atoms with Crippen LogP contribution < -0.4 is 0 Å². The number of carboxylic acid groups (broad SMARTS) is 1. The van der Waals surface area contributed by atoms with Gasteiger partial charge in [-0.3, -0.25) is 4.79 Å². The van der Waals surface area contributed by atoms with Crippen molar-refractivity contribution in [3.8, 4) is 0 Å². The van der Waals surface area contributed by atoms with Gasteiger partial charge in [0.25, 0.3) is 10.2 Å². The van der Waals surface area contributed by atoms with Crippen LogP contribution in [-0.2, 0) is 15.0 Å². The van der Waals surface area contributed by atoms with Crippen molar-refractivity contribution in [3.63, 3.8) is 0 Å². The smallest absolute Gasteiger partial charge is 0.307 e. The Hall–Kier alpha value is -0.660. The summed E-state index contributed by atoms with van der Waals surface area (Å²) in [6, 6.07) is -0.134. The maximum absolute atomic E-state index is 12.3. The third-order valence-electron chi connectivity index (χ3n) is 3.40. The first-order valence-electron chi connectivity index (χ1n) is 6.26. The van der Waals surface area contributed by atoms with Crippen LogP contribution >= 0.6 is 0 Å². The van der Waals surface area contributed by atoms with Crippen LogP contribution in [0.15, 0.2) is 0 Å². The summed E-state index contributed by atoms with van der Waals surface area (Å²) in [4.78, 5) is 11.0. The molecule has 0 saturated carbocycles. The minimum atomic E-state index is -3.54. The summed E-state index contributed by atoms with van der Waals surface area (Å²) in [5.41, 5.74) is 0. The van der Waals surface area contributed by atoms with E-state index in [9.17, 15) is 13.2 Å². The molecule has 0 aromatic carbocycles. The monoisotopic (exact) mass is 278 g/mol. The number of hydrogen-bond acceptors (Lipinski definition) is 3. The van der Waals surface area contributed by atoms with Gasteiger partial charge in [-0.25, -0.2) is 0 Å². The van der Waals surface area contributed by atoms with Gasteiger partial charge in [-0.2, -0.15) is 17.0 Å². The summed E-state index contributed by atoms with van der Waals surface area (Å²) >= 11 is 0. The van der Waals surface area contributed by atoms with Crippen LogP contribution in [0.3, 0.4) is 0 Å². The fourth-order valence-electron chi connectivity index (χ4n) is 2.21. The van der Waals surface area contributed by atoms with E-state index in [0.29, 0.717) is 19.4 Å². The second-order valence-corrected chi connectivity index (χ2v) is 6.85. The van der Waals surface area contributed by atoms with Gasteiger partial charge in [0.05, 0.1) is 5.92 Å². The zero-order valence-electron chi connectivity index (χ0n) is 11.2. The van der Waals surface area contributed by atoms with Crippen LogP contribution in [0.2, 0.25) is 0 Å². The van der Waals surface area contributed by atoms with Crippen LogP contribution in [-0.4, -0.2) is 54.3 Å². The Kier molecular flexibility index (Phi) is 5.12. The Balaban J connectivity index is 2.87. The second-order valence-electron chi connectivity index (χ2n) is 4.86. The van der Waals surface area contributed by atoms with Gasteiger partial charge in [-0.05, 0) is 26.2 Å². The molecule has 1 fully saturated rings. The SMILES string of the molecule is CCCN(C)S(=O)(=O)N1CC(C(=O)O)CCC1C. The maximum atomic E-state index is 12.3. The lowest BCUT2D eigenvalue weighted by atomic mass is 9.96. The predicted molar refractivity (Wildman–Crippen MR) is 68.4 cm³/mol. The highest BCUT2D eigenvalue weighted by atomic mass is 32.2. The third-order valence-corrected chi connectivity index (χ3v) is 5.47. The number of aliphatic carboxylic acids is 1. The summed E-state index contributed by atoms with van der Waals surface area (Å²) in [5, 5.41) is 9.01. The molecule has 1 rings (SSSR count). The van der Waals surface area contributed by atoms with Crippen molar-refractivity contribution in [1.82, 2.24) is 8.61 Å². The molecule has 0 spiro atoms. The third kappa shape index (κ3) is 3.21. The van der Waals surface area contributed by atoms with Crippen molar-refractivity contribution in [2.75, 3.05) is 20.1 Å². The van der Waals surface area contributed by atoms with Crippen molar-refractivity contribution in [2.45, 2.75) is 39.2 Å². The Morgan fingerprint density at radius 2 is 2.06 bits per heavy atom. The van der Waals surface area contributed by atoms with Gasteiger partial charge >= 0.3 is 5.97 Å². The van der Waals surface area contributed by atoms with Crippen molar-refractivity contribution >= 4 is 16.2 Å². The lowest BCUT2D eigenvalue weighted by molar-refractivity contribution is -0.143. The van der Waals surface area contributed by atoms with E-state index in [1.165, 1.54) is 15.7 Å². The molecule has 1 N–H and O–H groups in total. The second kappa shape index (κ2) is 5.99. The van der Waals surface area contributed by atoms with E-state index in [1.807, 2.05) is 13.8 Å². The maximum Gasteiger partial charge on any atom is 0.307 e. The van der Waals surface area contributed by atoms with E-state index >= 15 is 0 Å². The van der Waals surface area contributed by atoms with Crippen LogP contribution in [0.5, 0.6) is 0 Å². The number of piperidine rings is 1. The van der Waals surface area contributed by atoms with Gasteiger partial charge in [-0.1, -0.05) is 6.92 Å². The number of carbonyl (C=O) groups is 1. The molecule has 0 amide bonds. The topological polar surface area (TPSA) is 77.9 Å². The molecule has 18 heavy (non-hydrogen) atoms. The summed E-state index contributed by atoms with van der Waals surface area (Å²) in [7, 11) is -2.00. The van der Waals surface area contributed by atoms with E-state index in [-0.39, 0.29) is 12.6 Å². The molecule has 0 bridgehead atoms. The fraction of sp³-hybridized carbons (Fsp3) is 0.909. The molecular formula is C11H22N2O4S. The molecule has 0 aliphatic carbocycles. The molecule has 1 aliphatic heterocycles. The van der Waals surface area contributed by atoms with E-state index in [4.69, 9.17) is 5.11 Å². The highest BCUT2D eigenvalue weighted by Gasteiger charge is 2.38. The molecule has 106 valence electrons. The molecule has 2 atom stereocenters. The molecule has 1 aliphatic rings. The predicted octanol–water partition coefficient (Wildman–Crippen LogP) is 0.758. The molecule has 0 aromatic rings. The van der Waals surface area contributed by atoms with Gasteiger partial charge in [0.1, 0.15) is 0 Å². The minimum absolute atomic E-state index is 0.0763. The molecule has 7 heteroatoms. The summed E-state index contributed by atoms with van der Waals surface area (Å²) in [6.07, 6.45) is 1.87. The molecule has 6 nitrogen and oxygen atoms in total. The van der Waals surface area contributed by atoms with E-state index in [1.54, 1.807) is 0 Å².